The molecule has 0 aliphatic carbocycles. The van der Waals surface area contributed by atoms with E-state index < -0.39 is 0 Å². The fraction of sp³-hybridized carbons (Fsp3) is 0.364. The highest BCUT2D eigenvalue weighted by Gasteiger charge is 2.10. The molecule has 0 saturated carbocycles. The molecule has 1 aromatic rings. The molecule has 5 heteroatoms. The van der Waals surface area contributed by atoms with E-state index in [0.29, 0.717) is 17.0 Å². The number of ether oxygens (including phenoxy) is 1. The quantitative estimate of drug-likeness (QED) is 0.723. The summed E-state index contributed by atoms with van der Waals surface area (Å²) in [5.41, 5.74) is 6.63. The molecule has 0 radical (unpaired) electrons. The molecule has 0 bridgehead atoms. The van der Waals surface area contributed by atoms with Gasteiger partial charge in [-0.25, -0.2) is 0 Å². The molecule has 3 N–H and O–H groups in total. The standard InChI is InChI=1S/C11H16N2O3/c1-13(2)11(15)8-3-4-10(9(12)7-8)16-6-5-14/h3-4,7,14H,5-6,12H2,1-2H3. The second-order valence-electron chi connectivity index (χ2n) is 3.52. The van der Waals surface area contributed by atoms with Gasteiger partial charge in [-0.15, -0.1) is 0 Å². The van der Waals surface area contributed by atoms with E-state index in [0.717, 1.165) is 0 Å². The number of carbonyl (C=O) groups excluding carboxylic acids is 1. The number of hydrogen-bond donors (Lipinski definition) is 2. The van der Waals surface area contributed by atoms with Crippen LogP contribution < -0.4 is 10.5 Å². The molecule has 0 aromatic heterocycles. The highest BCUT2D eigenvalue weighted by Crippen LogP contribution is 2.22. The average molecular weight is 224 g/mol. The molecule has 1 aromatic carbocycles. The Morgan fingerprint density at radius 3 is 2.69 bits per heavy atom. The first-order valence-corrected chi connectivity index (χ1v) is 4.91. The number of nitrogens with two attached hydrogens (primary N) is 1. The molecule has 0 aliphatic heterocycles. The fourth-order valence-corrected chi connectivity index (χ4v) is 1.23. The van der Waals surface area contributed by atoms with E-state index in [2.05, 4.69) is 0 Å². The SMILES string of the molecule is CN(C)C(=O)c1ccc(OCCO)c(N)c1. The maximum atomic E-state index is 11.6. The predicted octanol–water partition coefficient (Wildman–Crippen LogP) is 0.342. The van der Waals surface area contributed by atoms with Crippen LogP contribution in [0, 0.1) is 0 Å². The van der Waals surface area contributed by atoms with Crippen molar-refractivity contribution in [3.8, 4) is 5.75 Å². The Kier molecular flexibility index (Phi) is 4.13. The summed E-state index contributed by atoms with van der Waals surface area (Å²) in [6.07, 6.45) is 0. The topological polar surface area (TPSA) is 75.8 Å². The van der Waals surface area contributed by atoms with Crippen LogP contribution >= 0.6 is 0 Å². The van der Waals surface area contributed by atoms with Gasteiger partial charge in [0.05, 0.1) is 12.3 Å². The predicted molar refractivity (Wildman–Crippen MR) is 61.5 cm³/mol. The summed E-state index contributed by atoms with van der Waals surface area (Å²) in [6, 6.07) is 4.84. The van der Waals surface area contributed by atoms with E-state index in [1.807, 2.05) is 0 Å². The Balaban J connectivity index is 2.86. The molecule has 1 rings (SSSR count). The first kappa shape index (κ1) is 12.3. The van der Waals surface area contributed by atoms with Crippen molar-refractivity contribution in [2.24, 2.45) is 0 Å². The van der Waals surface area contributed by atoms with Gasteiger partial charge in [-0.1, -0.05) is 0 Å². The van der Waals surface area contributed by atoms with Gasteiger partial charge >= 0.3 is 0 Å². The maximum absolute atomic E-state index is 11.6. The van der Waals surface area contributed by atoms with E-state index in [1.165, 1.54) is 4.90 Å². The maximum Gasteiger partial charge on any atom is 0.253 e. The summed E-state index contributed by atoms with van der Waals surface area (Å²) < 4.78 is 5.18. The van der Waals surface area contributed by atoms with Crippen molar-refractivity contribution in [1.82, 2.24) is 4.90 Å². The number of hydrogen-bond acceptors (Lipinski definition) is 4. The van der Waals surface area contributed by atoms with Crippen LogP contribution in [0.25, 0.3) is 0 Å². The summed E-state index contributed by atoms with van der Waals surface area (Å²) in [4.78, 5) is 13.1. The summed E-state index contributed by atoms with van der Waals surface area (Å²) in [6.45, 7) is 0.114. The molecule has 0 heterocycles. The van der Waals surface area contributed by atoms with Gasteiger partial charge in [0.15, 0.2) is 0 Å². The van der Waals surface area contributed by atoms with Crippen LogP contribution in [0.5, 0.6) is 5.75 Å². The van der Waals surface area contributed by atoms with Crippen molar-refractivity contribution >= 4 is 11.6 Å². The van der Waals surface area contributed by atoms with Crippen molar-refractivity contribution in [3.63, 3.8) is 0 Å². The van der Waals surface area contributed by atoms with Gasteiger partial charge in [-0.05, 0) is 18.2 Å². The van der Waals surface area contributed by atoms with Crippen LogP contribution in [0.4, 0.5) is 5.69 Å². The number of nitrogens with zero attached hydrogens (tertiary/aromatic N) is 1. The second kappa shape index (κ2) is 5.37. The third kappa shape index (κ3) is 2.87. The summed E-state index contributed by atoms with van der Waals surface area (Å²) >= 11 is 0. The summed E-state index contributed by atoms with van der Waals surface area (Å²) in [7, 11) is 3.35. The van der Waals surface area contributed by atoms with Gasteiger partial charge in [0.1, 0.15) is 12.4 Å². The van der Waals surface area contributed by atoms with E-state index in [4.69, 9.17) is 15.6 Å². The lowest BCUT2D eigenvalue weighted by Crippen LogP contribution is -2.21. The Labute approximate surface area is 94.4 Å². The molecule has 5 nitrogen and oxygen atoms in total. The molecule has 1 amide bonds. The zero-order chi connectivity index (χ0) is 12.1. The van der Waals surface area contributed by atoms with E-state index in [9.17, 15) is 4.79 Å². The van der Waals surface area contributed by atoms with Crippen molar-refractivity contribution in [1.29, 1.82) is 0 Å². The zero-order valence-electron chi connectivity index (χ0n) is 9.43. The highest BCUT2D eigenvalue weighted by molar-refractivity contribution is 5.95. The molecule has 0 atom stereocenters. The number of anilines is 1. The van der Waals surface area contributed by atoms with Crippen molar-refractivity contribution in [2.45, 2.75) is 0 Å². The molecule has 0 spiro atoms. The van der Waals surface area contributed by atoms with Gasteiger partial charge in [-0.2, -0.15) is 0 Å². The van der Waals surface area contributed by atoms with Crippen LogP contribution in [0.15, 0.2) is 18.2 Å². The van der Waals surface area contributed by atoms with Crippen molar-refractivity contribution in [3.05, 3.63) is 23.8 Å². The lowest BCUT2D eigenvalue weighted by Gasteiger charge is -2.12. The third-order valence-electron chi connectivity index (χ3n) is 2.01. The Morgan fingerprint density at radius 2 is 2.19 bits per heavy atom. The normalized spacial score (nSPS) is 9.94. The molecular weight excluding hydrogens is 208 g/mol. The zero-order valence-corrected chi connectivity index (χ0v) is 9.43. The van der Waals surface area contributed by atoms with Gasteiger partial charge in [0.25, 0.3) is 5.91 Å². The Bertz CT molecular complexity index is 377. The number of aliphatic hydroxyl groups excluding tert-OH is 1. The first-order valence-electron chi connectivity index (χ1n) is 4.91. The number of aliphatic hydroxyl groups is 1. The smallest absolute Gasteiger partial charge is 0.253 e. The summed E-state index contributed by atoms with van der Waals surface area (Å²) in [5, 5.41) is 8.61. The summed E-state index contributed by atoms with van der Waals surface area (Å²) in [5.74, 6) is 0.366. The second-order valence-corrected chi connectivity index (χ2v) is 3.52. The molecule has 0 fully saturated rings. The molecular formula is C11H16N2O3. The largest absolute Gasteiger partial charge is 0.489 e. The van der Waals surface area contributed by atoms with Crippen LogP contribution in [0.3, 0.4) is 0 Å². The van der Waals surface area contributed by atoms with Crippen molar-refractivity contribution in [2.75, 3.05) is 33.0 Å². The Hall–Kier alpha value is -1.75. The number of benzene rings is 1. The lowest BCUT2D eigenvalue weighted by atomic mass is 10.1. The molecule has 16 heavy (non-hydrogen) atoms. The molecule has 88 valence electrons. The van der Waals surface area contributed by atoms with Gasteiger partial charge in [-0.3, -0.25) is 4.79 Å². The molecule has 0 unspecified atom stereocenters. The van der Waals surface area contributed by atoms with Crippen molar-refractivity contribution < 1.29 is 14.6 Å². The van der Waals surface area contributed by atoms with Gasteiger partial charge in [0, 0.05) is 19.7 Å². The number of carbonyl (C=O) groups is 1. The first-order chi connectivity index (χ1) is 7.56. The minimum atomic E-state index is -0.111. The van der Waals surface area contributed by atoms with E-state index in [-0.39, 0.29) is 19.1 Å². The van der Waals surface area contributed by atoms with Crippen LogP contribution in [0.2, 0.25) is 0 Å². The third-order valence-corrected chi connectivity index (χ3v) is 2.01. The minimum absolute atomic E-state index is 0.0716. The monoisotopic (exact) mass is 224 g/mol. The van der Waals surface area contributed by atoms with Crippen LogP contribution in [-0.4, -0.2) is 43.2 Å². The van der Waals surface area contributed by atoms with E-state index in [1.54, 1.807) is 32.3 Å². The number of rotatable bonds is 4. The lowest BCUT2D eigenvalue weighted by molar-refractivity contribution is 0.0827. The van der Waals surface area contributed by atoms with Gasteiger partial charge < -0.3 is 20.5 Å². The minimum Gasteiger partial charge on any atom is -0.489 e. The van der Waals surface area contributed by atoms with Gasteiger partial charge in [0.2, 0.25) is 0 Å². The molecule has 0 saturated heterocycles. The number of amides is 1. The van der Waals surface area contributed by atoms with E-state index >= 15 is 0 Å². The number of nitrogen functional groups attached to an aromatic ring is 1. The van der Waals surface area contributed by atoms with Crippen LogP contribution in [-0.2, 0) is 0 Å². The fourth-order valence-electron chi connectivity index (χ4n) is 1.23. The average Bonchev–Trinajstić information content (AvgIpc) is 2.26. The Morgan fingerprint density at radius 1 is 1.50 bits per heavy atom. The van der Waals surface area contributed by atoms with Crippen LogP contribution in [0.1, 0.15) is 10.4 Å². The molecule has 0 aliphatic rings. The highest BCUT2D eigenvalue weighted by atomic mass is 16.5.